The fourth-order valence-electron chi connectivity index (χ4n) is 3.44. The molecule has 8 nitrogen and oxygen atoms in total. The monoisotopic (exact) mass is 364 g/mol. The molecule has 1 aromatic rings. The van der Waals surface area contributed by atoms with Gasteiger partial charge in [-0.3, -0.25) is 14.8 Å². The van der Waals surface area contributed by atoms with Crippen molar-refractivity contribution < 1.29 is 9.26 Å². The number of hydrogen-bond donors (Lipinski definition) is 1. The van der Waals surface area contributed by atoms with Gasteiger partial charge in [-0.2, -0.15) is 0 Å². The van der Waals surface area contributed by atoms with E-state index in [9.17, 15) is 0 Å². The maximum absolute atomic E-state index is 5.44. The Morgan fingerprint density at radius 1 is 1.23 bits per heavy atom. The van der Waals surface area contributed by atoms with E-state index in [0.29, 0.717) is 6.04 Å². The molecule has 2 saturated heterocycles. The summed E-state index contributed by atoms with van der Waals surface area (Å²) in [7, 11) is 0. The van der Waals surface area contributed by atoms with E-state index in [0.717, 1.165) is 83.8 Å². The molecule has 1 atom stereocenters. The molecule has 0 saturated carbocycles. The van der Waals surface area contributed by atoms with E-state index in [1.807, 2.05) is 6.07 Å². The molecule has 3 heterocycles. The van der Waals surface area contributed by atoms with Crippen LogP contribution in [0.3, 0.4) is 0 Å². The molecule has 2 fully saturated rings. The fraction of sp³-hybridized carbons (Fsp3) is 0.778. The van der Waals surface area contributed by atoms with E-state index in [-0.39, 0.29) is 0 Å². The minimum Gasteiger partial charge on any atom is -0.379 e. The van der Waals surface area contributed by atoms with Gasteiger partial charge in [-0.1, -0.05) is 5.16 Å². The summed E-state index contributed by atoms with van der Waals surface area (Å²) in [6, 6.07) is 2.38. The summed E-state index contributed by atoms with van der Waals surface area (Å²) in [5.74, 6) is 1.04. The minimum absolute atomic E-state index is 0.445. The molecule has 0 aromatic carbocycles. The van der Waals surface area contributed by atoms with Crippen LogP contribution in [0, 0.1) is 0 Å². The third-order valence-electron chi connectivity index (χ3n) is 5.06. The molecule has 1 aromatic heterocycles. The number of morpholine rings is 1. The van der Waals surface area contributed by atoms with E-state index in [2.05, 4.69) is 39.0 Å². The van der Waals surface area contributed by atoms with Crippen molar-refractivity contribution >= 4 is 5.96 Å². The lowest BCUT2D eigenvalue weighted by Crippen LogP contribution is -2.52. The van der Waals surface area contributed by atoms with Gasteiger partial charge >= 0.3 is 0 Å². The average Bonchev–Trinajstić information content (AvgIpc) is 3.19. The minimum atomic E-state index is 0.445. The first-order chi connectivity index (χ1) is 12.8. The zero-order chi connectivity index (χ0) is 18.2. The summed E-state index contributed by atoms with van der Waals surface area (Å²) in [5.41, 5.74) is 0.998. The van der Waals surface area contributed by atoms with Gasteiger partial charge in [-0.05, 0) is 13.8 Å². The fourth-order valence-corrected chi connectivity index (χ4v) is 3.44. The predicted octanol–water partition coefficient (Wildman–Crippen LogP) is 0.478. The number of nitrogens with one attached hydrogen (secondary N) is 1. The highest BCUT2D eigenvalue weighted by Crippen LogP contribution is 2.08. The summed E-state index contributed by atoms with van der Waals surface area (Å²) >= 11 is 0. The van der Waals surface area contributed by atoms with Crippen LogP contribution in [0.25, 0.3) is 0 Å². The summed E-state index contributed by atoms with van der Waals surface area (Å²) in [6.45, 7) is 14.6. The summed E-state index contributed by atoms with van der Waals surface area (Å²) in [5, 5.41) is 7.47. The largest absolute Gasteiger partial charge is 0.379 e. The van der Waals surface area contributed by atoms with Crippen molar-refractivity contribution in [3.8, 4) is 0 Å². The first-order valence-corrected chi connectivity index (χ1v) is 9.73. The van der Waals surface area contributed by atoms with E-state index in [1.165, 1.54) is 0 Å². The van der Waals surface area contributed by atoms with E-state index in [1.54, 1.807) is 6.26 Å². The highest BCUT2D eigenvalue weighted by molar-refractivity contribution is 5.80. The van der Waals surface area contributed by atoms with Crippen LogP contribution in [0.5, 0.6) is 0 Å². The van der Waals surface area contributed by atoms with Gasteiger partial charge in [0.1, 0.15) is 6.26 Å². The quantitative estimate of drug-likeness (QED) is 0.581. The number of nitrogens with zero attached hydrogens (tertiary/aromatic N) is 5. The number of rotatable bonds is 6. The Morgan fingerprint density at radius 2 is 2.00 bits per heavy atom. The Balaban J connectivity index is 1.49. The van der Waals surface area contributed by atoms with E-state index < -0.39 is 0 Å². The van der Waals surface area contributed by atoms with Crippen molar-refractivity contribution in [2.75, 3.05) is 65.6 Å². The topological polar surface area (TPSA) is 69.4 Å². The Kier molecular flexibility index (Phi) is 7.28. The highest BCUT2D eigenvalue weighted by atomic mass is 16.5. The zero-order valence-electron chi connectivity index (χ0n) is 16.1. The zero-order valence-corrected chi connectivity index (χ0v) is 16.1. The Hall–Kier alpha value is -1.64. The van der Waals surface area contributed by atoms with Crippen molar-refractivity contribution in [2.24, 2.45) is 4.99 Å². The lowest BCUT2D eigenvalue weighted by molar-refractivity contribution is 0.0220. The van der Waals surface area contributed by atoms with Crippen LogP contribution >= 0.6 is 0 Å². The summed E-state index contributed by atoms with van der Waals surface area (Å²) < 4.78 is 10.4. The molecule has 0 amide bonds. The van der Waals surface area contributed by atoms with Crippen molar-refractivity contribution in [1.82, 2.24) is 25.2 Å². The molecule has 0 aliphatic carbocycles. The molecule has 2 aliphatic rings. The standard InChI is InChI=1S/C18H32N6O2/c1-3-19-18(20-14-16(2)23-9-12-25-13-10-23)24-7-5-22(6-8-24)15-17-4-11-26-21-17/h4,11,16H,3,5-10,12-15H2,1-2H3,(H,19,20). The van der Waals surface area contributed by atoms with Crippen LogP contribution in [-0.4, -0.2) is 97.4 Å². The Bertz CT molecular complexity index is 536. The van der Waals surface area contributed by atoms with Crippen LogP contribution in [0.1, 0.15) is 19.5 Å². The molecule has 0 radical (unpaired) electrons. The van der Waals surface area contributed by atoms with Crippen molar-refractivity contribution in [3.05, 3.63) is 18.0 Å². The number of guanidine groups is 1. The molecule has 8 heteroatoms. The summed E-state index contributed by atoms with van der Waals surface area (Å²) in [6.07, 6.45) is 1.64. The SMILES string of the molecule is CCNC(=NCC(C)N1CCOCC1)N1CCN(Cc2ccon2)CC1. The molecule has 1 unspecified atom stereocenters. The number of ether oxygens (including phenoxy) is 1. The van der Waals surface area contributed by atoms with Gasteiger partial charge in [0, 0.05) is 64.5 Å². The molecule has 146 valence electrons. The Morgan fingerprint density at radius 3 is 2.65 bits per heavy atom. The molecule has 0 spiro atoms. The molecule has 26 heavy (non-hydrogen) atoms. The lowest BCUT2D eigenvalue weighted by atomic mass is 10.2. The van der Waals surface area contributed by atoms with E-state index >= 15 is 0 Å². The Labute approximate surface area is 156 Å². The van der Waals surface area contributed by atoms with E-state index in [4.69, 9.17) is 14.3 Å². The van der Waals surface area contributed by atoms with Crippen molar-refractivity contribution in [2.45, 2.75) is 26.4 Å². The number of aromatic nitrogens is 1. The van der Waals surface area contributed by atoms with Crippen LogP contribution in [0.2, 0.25) is 0 Å². The predicted molar refractivity (Wildman–Crippen MR) is 101 cm³/mol. The first-order valence-electron chi connectivity index (χ1n) is 9.73. The number of hydrogen-bond acceptors (Lipinski definition) is 6. The van der Waals surface area contributed by atoms with Gasteiger partial charge in [0.25, 0.3) is 0 Å². The average molecular weight is 364 g/mol. The third kappa shape index (κ3) is 5.43. The van der Waals surface area contributed by atoms with Gasteiger partial charge in [0.15, 0.2) is 5.96 Å². The second kappa shape index (κ2) is 9.89. The molecule has 2 aliphatic heterocycles. The smallest absolute Gasteiger partial charge is 0.194 e. The van der Waals surface area contributed by atoms with Gasteiger partial charge < -0.3 is 19.5 Å². The summed E-state index contributed by atoms with van der Waals surface area (Å²) in [4.78, 5) is 12.2. The van der Waals surface area contributed by atoms with Gasteiger partial charge in [0.05, 0.1) is 25.5 Å². The van der Waals surface area contributed by atoms with Crippen LogP contribution in [0.15, 0.2) is 21.8 Å². The molecule has 1 N–H and O–H groups in total. The molecule has 0 bridgehead atoms. The second-order valence-corrected chi connectivity index (χ2v) is 6.95. The van der Waals surface area contributed by atoms with Crippen LogP contribution < -0.4 is 5.32 Å². The lowest BCUT2D eigenvalue weighted by Gasteiger charge is -2.36. The maximum atomic E-state index is 5.44. The second-order valence-electron chi connectivity index (χ2n) is 6.95. The molecule has 3 rings (SSSR count). The molecular weight excluding hydrogens is 332 g/mol. The van der Waals surface area contributed by atoms with Gasteiger partial charge in [0.2, 0.25) is 0 Å². The first kappa shape index (κ1) is 19.1. The molecular formula is C18H32N6O2. The number of aliphatic imine (C=N–C) groups is 1. The van der Waals surface area contributed by atoms with Crippen molar-refractivity contribution in [3.63, 3.8) is 0 Å². The number of piperazine rings is 1. The third-order valence-corrected chi connectivity index (χ3v) is 5.06. The normalized spacial score (nSPS) is 21.8. The van der Waals surface area contributed by atoms with Gasteiger partial charge in [-0.15, -0.1) is 0 Å². The maximum Gasteiger partial charge on any atom is 0.194 e. The van der Waals surface area contributed by atoms with Gasteiger partial charge in [-0.25, -0.2) is 0 Å². The van der Waals surface area contributed by atoms with Crippen LogP contribution in [-0.2, 0) is 11.3 Å². The van der Waals surface area contributed by atoms with Crippen LogP contribution in [0.4, 0.5) is 0 Å². The highest BCUT2D eigenvalue weighted by Gasteiger charge is 2.21. The van der Waals surface area contributed by atoms with Crippen molar-refractivity contribution in [1.29, 1.82) is 0 Å².